The number of carboxylic acids is 1. The number of fused-ring (bicyclic) bond motifs is 3. The predicted octanol–water partition coefficient (Wildman–Crippen LogP) is 1.13. The first-order valence-corrected chi connectivity index (χ1v) is 7.78. The molecule has 3 heterocycles. The minimum Gasteiger partial charge on any atom is -0.480 e. The number of rotatable bonds is 3. The molecule has 0 aromatic carbocycles. The number of aromatic nitrogens is 1. The summed E-state index contributed by atoms with van der Waals surface area (Å²) in [5.74, 6) is -1.98. The second kappa shape index (κ2) is 5.98. The van der Waals surface area contributed by atoms with Gasteiger partial charge < -0.3 is 19.5 Å². The first kappa shape index (κ1) is 16.0. The summed E-state index contributed by atoms with van der Waals surface area (Å²) in [6, 6.07) is 1.10. The molecule has 1 saturated heterocycles. The van der Waals surface area contributed by atoms with E-state index in [9.17, 15) is 14.7 Å². The van der Waals surface area contributed by atoms with E-state index >= 15 is 0 Å². The standard InChI is InChI=1S/C15H17ClN2O5/c1-2-23-14(21)15(13(19)20)6-10-11(5-9(16)7-17-10)18-3-4-22-8-12(15)18/h5,7,12H,2-4,6,8H2,1H3,(H,19,20). The third-order valence-electron chi connectivity index (χ3n) is 4.39. The Kier molecular flexibility index (Phi) is 4.16. The van der Waals surface area contributed by atoms with Gasteiger partial charge in [0.05, 0.1) is 42.3 Å². The Hall–Kier alpha value is -1.86. The minimum absolute atomic E-state index is 0.0435. The van der Waals surface area contributed by atoms with Gasteiger partial charge in [0, 0.05) is 19.2 Å². The van der Waals surface area contributed by atoms with Crippen LogP contribution in [-0.2, 0) is 25.5 Å². The van der Waals surface area contributed by atoms with Gasteiger partial charge in [-0.25, -0.2) is 0 Å². The van der Waals surface area contributed by atoms with Gasteiger partial charge in [0.1, 0.15) is 0 Å². The molecule has 7 nitrogen and oxygen atoms in total. The molecule has 0 radical (unpaired) electrons. The number of anilines is 1. The van der Waals surface area contributed by atoms with Crippen LogP contribution in [0, 0.1) is 5.41 Å². The molecule has 1 fully saturated rings. The lowest BCUT2D eigenvalue weighted by Gasteiger charge is -2.49. The van der Waals surface area contributed by atoms with Gasteiger partial charge in [0.2, 0.25) is 0 Å². The topological polar surface area (TPSA) is 89.0 Å². The van der Waals surface area contributed by atoms with Crippen molar-refractivity contribution in [2.24, 2.45) is 5.41 Å². The van der Waals surface area contributed by atoms with Crippen LogP contribution >= 0.6 is 11.6 Å². The maximum atomic E-state index is 12.6. The smallest absolute Gasteiger partial charge is 0.326 e. The molecule has 0 bridgehead atoms. The molecule has 0 saturated carbocycles. The number of hydrogen-bond acceptors (Lipinski definition) is 6. The summed E-state index contributed by atoms with van der Waals surface area (Å²) < 4.78 is 10.5. The summed E-state index contributed by atoms with van der Waals surface area (Å²) in [5, 5.41) is 10.3. The largest absolute Gasteiger partial charge is 0.480 e. The van der Waals surface area contributed by atoms with Gasteiger partial charge in [0.15, 0.2) is 5.41 Å². The second-order valence-corrected chi connectivity index (χ2v) is 6.01. The van der Waals surface area contributed by atoms with E-state index in [2.05, 4.69) is 4.98 Å². The predicted molar refractivity (Wildman–Crippen MR) is 81.6 cm³/mol. The molecule has 1 aromatic heterocycles. The second-order valence-electron chi connectivity index (χ2n) is 5.58. The van der Waals surface area contributed by atoms with Crippen molar-refractivity contribution in [2.45, 2.75) is 19.4 Å². The zero-order valence-electron chi connectivity index (χ0n) is 12.6. The van der Waals surface area contributed by atoms with E-state index in [1.54, 1.807) is 13.0 Å². The summed E-state index contributed by atoms with van der Waals surface area (Å²) in [7, 11) is 0. The van der Waals surface area contributed by atoms with Crippen LogP contribution in [-0.4, -0.2) is 54.4 Å². The van der Waals surface area contributed by atoms with Crippen LogP contribution in [0.25, 0.3) is 0 Å². The number of morpholine rings is 1. The summed E-state index contributed by atoms with van der Waals surface area (Å²) in [6.07, 6.45) is 1.41. The van der Waals surface area contributed by atoms with Gasteiger partial charge in [-0.3, -0.25) is 14.6 Å². The van der Waals surface area contributed by atoms with Crippen molar-refractivity contribution in [1.82, 2.24) is 4.98 Å². The molecule has 1 aromatic rings. The summed E-state index contributed by atoms with van der Waals surface area (Å²) in [6.45, 7) is 2.81. The number of pyridine rings is 1. The fourth-order valence-electron chi connectivity index (χ4n) is 3.30. The van der Waals surface area contributed by atoms with Gasteiger partial charge in [-0.2, -0.15) is 0 Å². The number of carbonyl (C=O) groups excluding carboxylic acids is 1. The normalized spacial score (nSPS) is 26.2. The number of halogens is 1. The number of ether oxygens (including phenoxy) is 2. The Morgan fingerprint density at radius 3 is 3.09 bits per heavy atom. The number of carbonyl (C=O) groups is 2. The Morgan fingerprint density at radius 1 is 1.61 bits per heavy atom. The average molecular weight is 341 g/mol. The highest BCUT2D eigenvalue weighted by Crippen LogP contribution is 2.43. The van der Waals surface area contributed by atoms with E-state index in [0.717, 1.165) is 5.69 Å². The molecule has 8 heteroatoms. The van der Waals surface area contributed by atoms with E-state index < -0.39 is 23.4 Å². The van der Waals surface area contributed by atoms with Gasteiger partial charge >= 0.3 is 11.9 Å². The maximum Gasteiger partial charge on any atom is 0.326 e. The molecule has 2 aliphatic heterocycles. The quantitative estimate of drug-likeness (QED) is 0.651. The van der Waals surface area contributed by atoms with Crippen LogP contribution in [0.3, 0.4) is 0 Å². The zero-order valence-corrected chi connectivity index (χ0v) is 13.4. The van der Waals surface area contributed by atoms with Gasteiger partial charge in [-0.1, -0.05) is 11.6 Å². The lowest BCUT2D eigenvalue weighted by Crippen LogP contribution is -2.65. The highest BCUT2D eigenvalue weighted by molar-refractivity contribution is 6.30. The number of carboxylic acid groups (broad SMARTS) is 1. The Balaban J connectivity index is 2.15. The number of hydrogen-bond donors (Lipinski definition) is 1. The molecular weight excluding hydrogens is 324 g/mol. The third-order valence-corrected chi connectivity index (χ3v) is 4.60. The molecule has 0 aliphatic carbocycles. The number of aliphatic carboxylic acids is 1. The molecule has 2 atom stereocenters. The highest BCUT2D eigenvalue weighted by atomic mass is 35.5. The van der Waals surface area contributed by atoms with Crippen molar-refractivity contribution in [3.8, 4) is 0 Å². The van der Waals surface area contributed by atoms with Crippen LogP contribution in [0.15, 0.2) is 12.3 Å². The highest BCUT2D eigenvalue weighted by Gasteiger charge is 2.60. The minimum atomic E-state index is -1.73. The molecule has 1 N–H and O–H groups in total. The molecule has 23 heavy (non-hydrogen) atoms. The van der Waals surface area contributed by atoms with Crippen LogP contribution < -0.4 is 4.90 Å². The number of esters is 1. The third kappa shape index (κ3) is 2.44. The summed E-state index contributed by atoms with van der Waals surface area (Å²) in [4.78, 5) is 30.7. The number of nitrogens with zero attached hydrogens (tertiary/aromatic N) is 2. The van der Waals surface area contributed by atoms with Crippen molar-refractivity contribution >= 4 is 29.2 Å². The van der Waals surface area contributed by atoms with Gasteiger partial charge in [0.25, 0.3) is 0 Å². The molecule has 0 spiro atoms. The van der Waals surface area contributed by atoms with Crippen molar-refractivity contribution < 1.29 is 24.2 Å². The Morgan fingerprint density at radius 2 is 2.39 bits per heavy atom. The van der Waals surface area contributed by atoms with E-state index in [1.165, 1.54) is 6.20 Å². The molecule has 124 valence electrons. The molecule has 3 rings (SSSR count). The Labute approximate surface area is 138 Å². The van der Waals surface area contributed by atoms with Gasteiger partial charge in [-0.15, -0.1) is 0 Å². The average Bonchev–Trinajstić information content (AvgIpc) is 2.54. The van der Waals surface area contributed by atoms with Crippen molar-refractivity contribution in [3.63, 3.8) is 0 Å². The summed E-state index contributed by atoms with van der Waals surface area (Å²) in [5.41, 5.74) is -0.445. The Bertz CT molecular complexity index is 653. The maximum absolute atomic E-state index is 12.6. The van der Waals surface area contributed by atoms with E-state index in [0.29, 0.717) is 23.9 Å². The molecule has 2 unspecified atom stereocenters. The van der Waals surface area contributed by atoms with Crippen LogP contribution in [0.5, 0.6) is 0 Å². The van der Waals surface area contributed by atoms with Crippen LogP contribution in [0.2, 0.25) is 5.02 Å². The molecule has 0 amide bonds. The van der Waals surface area contributed by atoms with E-state index in [1.807, 2.05) is 4.90 Å². The van der Waals surface area contributed by atoms with Crippen molar-refractivity contribution in [2.75, 3.05) is 31.3 Å². The lowest BCUT2D eigenvalue weighted by atomic mass is 9.72. The fourth-order valence-corrected chi connectivity index (χ4v) is 3.45. The SMILES string of the molecule is CCOC(=O)C1(C(=O)O)Cc2ncc(Cl)cc2N2CCOCC21. The van der Waals surface area contributed by atoms with Crippen molar-refractivity contribution in [1.29, 1.82) is 0 Å². The van der Waals surface area contributed by atoms with Crippen LogP contribution in [0.4, 0.5) is 5.69 Å². The fraction of sp³-hybridized carbons (Fsp3) is 0.533. The zero-order chi connectivity index (χ0) is 16.6. The van der Waals surface area contributed by atoms with E-state index in [-0.39, 0.29) is 19.6 Å². The first-order chi connectivity index (χ1) is 11.0. The van der Waals surface area contributed by atoms with Gasteiger partial charge in [-0.05, 0) is 13.0 Å². The lowest BCUT2D eigenvalue weighted by molar-refractivity contribution is -0.173. The first-order valence-electron chi connectivity index (χ1n) is 7.40. The molecular formula is C15H17ClN2O5. The summed E-state index contributed by atoms with van der Waals surface area (Å²) >= 11 is 6.03. The van der Waals surface area contributed by atoms with E-state index in [4.69, 9.17) is 21.1 Å². The van der Waals surface area contributed by atoms with Crippen LogP contribution in [0.1, 0.15) is 12.6 Å². The molecule has 2 aliphatic rings. The monoisotopic (exact) mass is 340 g/mol. The van der Waals surface area contributed by atoms with Crippen molar-refractivity contribution in [3.05, 3.63) is 23.0 Å².